The van der Waals surface area contributed by atoms with Crippen LogP contribution < -0.4 is 5.73 Å². The first-order chi connectivity index (χ1) is 8.32. The van der Waals surface area contributed by atoms with Gasteiger partial charge in [0.1, 0.15) is 6.29 Å². The molecule has 1 saturated heterocycles. The van der Waals surface area contributed by atoms with Crippen molar-refractivity contribution < 1.29 is 9.59 Å². The van der Waals surface area contributed by atoms with E-state index < -0.39 is 6.04 Å². The van der Waals surface area contributed by atoms with Crippen molar-refractivity contribution in [3.05, 3.63) is 0 Å². The summed E-state index contributed by atoms with van der Waals surface area (Å²) < 4.78 is 0. The Kier molecular flexibility index (Phi) is 4.91. The van der Waals surface area contributed by atoms with Crippen LogP contribution in [0.4, 0.5) is 0 Å². The van der Waals surface area contributed by atoms with Gasteiger partial charge in [0.25, 0.3) is 0 Å². The Morgan fingerprint density at radius 3 is 2.56 bits per heavy atom. The quantitative estimate of drug-likeness (QED) is 0.775. The molecule has 1 unspecified atom stereocenters. The molecule has 0 aromatic rings. The zero-order valence-corrected chi connectivity index (χ0v) is 12.0. The first kappa shape index (κ1) is 15.2. The summed E-state index contributed by atoms with van der Waals surface area (Å²) in [6, 6.07) is -0.814. The third kappa shape index (κ3) is 3.10. The van der Waals surface area contributed by atoms with Gasteiger partial charge in [0.05, 0.1) is 12.1 Å². The highest BCUT2D eigenvalue weighted by Crippen LogP contribution is 2.29. The lowest BCUT2D eigenvalue weighted by molar-refractivity contribution is -0.138. The molecule has 1 aliphatic heterocycles. The summed E-state index contributed by atoms with van der Waals surface area (Å²) in [5, 5.41) is 0. The fraction of sp³-hybridized carbons (Fsp3) is 0.857. The standard InChI is InChI=1S/C14H26N2O2/c1-5-6-10-7-8-16(11(10)9-17)13(18)12(15)14(2,3)4/h9-12H,5-8,15H2,1-4H3/t10-,11-,12?/m1/s1. The van der Waals surface area contributed by atoms with Gasteiger partial charge in [0, 0.05) is 6.54 Å². The van der Waals surface area contributed by atoms with Crippen molar-refractivity contribution >= 4 is 12.2 Å². The summed E-state index contributed by atoms with van der Waals surface area (Å²) in [7, 11) is 0. The number of amides is 1. The molecule has 4 heteroatoms. The molecule has 18 heavy (non-hydrogen) atoms. The predicted octanol–water partition coefficient (Wildman–Crippen LogP) is 1.58. The third-order valence-corrected chi connectivity index (χ3v) is 3.86. The molecule has 3 atom stereocenters. The first-order valence-corrected chi connectivity index (χ1v) is 6.84. The highest BCUT2D eigenvalue weighted by Gasteiger charge is 2.40. The van der Waals surface area contributed by atoms with Crippen LogP contribution in [0.3, 0.4) is 0 Å². The van der Waals surface area contributed by atoms with Crippen LogP contribution in [0.1, 0.15) is 47.0 Å². The lowest BCUT2D eigenvalue weighted by Crippen LogP contribution is -2.52. The van der Waals surface area contributed by atoms with E-state index in [2.05, 4.69) is 6.92 Å². The Balaban J connectivity index is 2.78. The second kappa shape index (κ2) is 5.83. The van der Waals surface area contributed by atoms with E-state index in [9.17, 15) is 9.59 Å². The Bertz CT molecular complexity index is 309. The summed E-state index contributed by atoms with van der Waals surface area (Å²) >= 11 is 0. The minimum atomic E-state index is -0.541. The first-order valence-electron chi connectivity index (χ1n) is 6.84. The maximum atomic E-state index is 12.4. The van der Waals surface area contributed by atoms with Crippen LogP contribution in [-0.2, 0) is 9.59 Å². The van der Waals surface area contributed by atoms with E-state index in [0.717, 1.165) is 25.5 Å². The van der Waals surface area contributed by atoms with Gasteiger partial charge in [-0.1, -0.05) is 34.1 Å². The molecule has 104 valence electrons. The zero-order valence-electron chi connectivity index (χ0n) is 12.0. The molecule has 0 saturated carbocycles. The van der Waals surface area contributed by atoms with Crippen LogP contribution in [0.5, 0.6) is 0 Å². The largest absolute Gasteiger partial charge is 0.331 e. The SMILES string of the molecule is CCC[C@@H]1CCN(C(=O)C(N)C(C)(C)C)[C@@H]1C=O. The fourth-order valence-electron chi connectivity index (χ4n) is 2.56. The van der Waals surface area contributed by atoms with E-state index in [0.29, 0.717) is 12.5 Å². The highest BCUT2D eigenvalue weighted by molar-refractivity contribution is 5.85. The smallest absolute Gasteiger partial charge is 0.240 e. The van der Waals surface area contributed by atoms with Crippen LogP contribution in [0.2, 0.25) is 0 Å². The van der Waals surface area contributed by atoms with Gasteiger partial charge in [0.2, 0.25) is 5.91 Å². The van der Waals surface area contributed by atoms with Gasteiger partial charge < -0.3 is 15.4 Å². The predicted molar refractivity (Wildman–Crippen MR) is 72.0 cm³/mol. The summed E-state index contributed by atoms with van der Waals surface area (Å²) in [6.45, 7) is 8.62. The van der Waals surface area contributed by atoms with E-state index in [1.165, 1.54) is 0 Å². The molecule has 0 aromatic carbocycles. The fourth-order valence-corrected chi connectivity index (χ4v) is 2.56. The van der Waals surface area contributed by atoms with Crippen LogP contribution >= 0.6 is 0 Å². The number of carbonyl (C=O) groups is 2. The number of hydrogen-bond acceptors (Lipinski definition) is 3. The molecule has 0 aromatic heterocycles. The molecule has 2 N–H and O–H groups in total. The van der Waals surface area contributed by atoms with Crippen molar-refractivity contribution in [3.63, 3.8) is 0 Å². The van der Waals surface area contributed by atoms with Crippen molar-refractivity contribution in [2.45, 2.75) is 59.0 Å². The maximum absolute atomic E-state index is 12.4. The van der Waals surface area contributed by atoms with Gasteiger partial charge in [-0.25, -0.2) is 0 Å². The van der Waals surface area contributed by atoms with Gasteiger partial charge in [-0.05, 0) is 24.2 Å². The molecule has 0 aliphatic carbocycles. The lowest BCUT2D eigenvalue weighted by Gasteiger charge is -2.32. The highest BCUT2D eigenvalue weighted by atomic mass is 16.2. The lowest BCUT2D eigenvalue weighted by atomic mass is 9.86. The average molecular weight is 254 g/mol. The van der Waals surface area contributed by atoms with Crippen molar-refractivity contribution in [1.29, 1.82) is 0 Å². The van der Waals surface area contributed by atoms with E-state index in [1.54, 1.807) is 4.90 Å². The summed E-state index contributed by atoms with van der Waals surface area (Å²) in [6.07, 6.45) is 3.88. The normalized spacial score (nSPS) is 26.2. The van der Waals surface area contributed by atoms with E-state index in [4.69, 9.17) is 5.73 Å². The summed E-state index contributed by atoms with van der Waals surface area (Å²) in [5.74, 6) is 0.224. The minimum Gasteiger partial charge on any atom is -0.331 e. The van der Waals surface area contributed by atoms with Crippen LogP contribution in [0.15, 0.2) is 0 Å². The molecule has 1 heterocycles. The van der Waals surface area contributed by atoms with Crippen molar-refractivity contribution in [1.82, 2.24) is 4.90 Å². The van der Waals surface area contributed by atoms with Crippen molar-refractivity contribution in [3.8, 4) is 0 Å². The summed E-state index contributed by atoms with van der Waals surface area (Å²) in [4.78, 5) is 25.3. The molecule has 0 radical (unpaired) electrons. The molecule has 1 amide bonds. The number of rotatable bonds is 4. The van der Waals surface area contributed by atoms with Gasteiger partial charge >= 0.3 is 0 Å². The third-order valence-electron chi connectivity index (χ3n) is 3.86. The van der Waals surface area contributed by atoms with Crippen LogP contribution in [0.25, 0.3) is 0 Å². The van der Waals surface area contributed by atoms with E-state index in [-0.39, 0.29) is 17.4 Å². The molecular formula is C14H26N2O2. The van der Waals surface area contributed by atoms with E-state index in [1.807, 2.05) is 20.8 Å². The zero-order chi connectivity index (χ0) is 13.9. The second-order valence-corrected chi connectivity index (χ2v) is 6.34. The minimum absolute atomic E-state index is 0.0850. The van der Waals surface area contributed by atoms with Gasteiger partial charge in [-0.3, -0.25) is 4.79 Å². The number of hydrogen-bond donors (Lipinski definition) is 1. The number of nitrogens with two attached hydrogens (primary N) is 1. The Morgan fingerprint density at radius 1 is 1.50 bits per heavy atom. The molecule has 0 spiro atoms. The molecule has 1 rings (SSSR count). The topological polar surface area (TPSA) is 63.4 Å². The second-order valence-electron chi connectivity index (χ2n) is 6.34. The Labute approximate surface area is 110 Å². The van der Waals surface area contributed by atoms with Crippen LogP contribution in [-0.4, -0.2) is 35.7 Å². The molecule has 1 aliphatic rings. The van der Waals surface area contributed by atoms with Crippen LogP contribution in [0, 0.1) is 11.3 Å². The number of nitrogens with zero attached hydrogens (tertiary/aromatic N) is 1. The van der Waals surface area contributed by atoms with Crippen molar-refractivity contribution in [2.75, 3.05) is 6.54 Å². The average Bonchev–Trinajstić information content (AvgIpc) is 2.69. The number of likely N-dealkylation sites (tertiary alicyclic amines) is 1. The molecule has 4 nitrogen and oxygen atoms in total. The number of aldehydes is 1. The van der Waals surface area contributed by atoms with Crippen molar-refractivity contribution in [2.24, 2.45) is 17.1 Å². The Morgan fingerprint density at radius 2 is 2.11 bits per heavy atom. The Hall–Kier alpha value is -0.900. The van der Waals surface area contributed by atoms with Gasteiger partial charge in [-0.2, -0.15) is 0 Å². The monoisotopic (exact) mass is 254 g/mol. The van der Waals surface area contributed by atoms with Gasteiger partial charge in [-0.15, -0.1) is 0 Å². The molecule has 1 fully saturated rings. The molecule has 0 bridgehead atoms. The summed E-state index contributed by atoms with van der Waals surface area (Å²) in [5.41, 5.74) is 5.73. The maximum Gasteiger partial charge on any atom is 0.240 e. The van der Waals surface area contributed by atoms with E-state index >= 15 is 0 Å². The van der Waals surface area contributed by atoms with Gasteiger partial charge in [0.15, 0.2) is 0 Å². The molecular weight excluding hydrogens is 228 g/mol. The number of carbonyl (C=O) groups excluding carboxylic acids is 2.